The van der Waals surface area contributed by atoms with Crippen molar-refractivity contribution in [2.45, 2.75) is 19.1 Å². The van der Waals surface area contributed by atoms with Gasteiger partial charge >= 0.3 is 6.18 Å². The predicted octanol–water partition coefficient (Wildman–Crippen LogP) is 5.39. The van der Waals surface area contributed by atoms with E-state index in [2.05, 4.69) is 10.4 Å². The van der Waals surface area contributed by atoms with Crippen molar-refractivity contribution in [3.05, 3.63) is 106 Å². The number of pyridine rings is 1. The van der Waals surface area contributed by atoms with E-state index in [-0.39, 0.29) is 17.6 Å². The van der Waals surface area contributed by atoms with E-state index in [1.165, 1.54) is 21.4 Å². The lowest BCUT2D eigenvalue weighted by molar-refractivity contribution is -0.137. The molecule has 0 bridgehead atoms. The van der Waals surface area contributed by atoms with Crippen LogP contribution in [0.4, 0.5) is 13.2 Å². The molecule has 0 radical (unpaired) electrons. The van der Waals surface area contributed by atoms with Gasteiger partial charge in [-0.2, -0.15) is 18.3 Å². The number of aryl methyl sites for hydroxylation is 1. The maximum absolute atomic E-state index is 13.4. The highest BCUT2D eigenvalue weighted by molar-refractivity contribution is 6.07. The lowest BCUT2D eigenvalue weighted by atomic mass is 10.1. The van der Waals surface area contributed by atoms with Gasteiger partial charge in [-0.3, -0.25) is 18.8 Å². The van der Waals surface area contributed by atoms with Gasteiger partial charge in [-0.05, 0) is 55.0 Å². The number of alkyl halides is 3. The van der Waals surface area contributed by atoms with Gasteiger partial charge in [0, 0.05) is 29.9 Å². The summed E-state index contributed by atoms with van der Waals surface area (Å²) < 4.78 is 42.0. The van der Waals surface area contributed by atoms with E-state index in [0.717, 1.165) is 17.7 Å². The summed E-state index contributed by atoms with van der Waals surface area (Å²) in [6.07, 6.45) is -2.93. The van der Waals surface area contributed by atoms with Gasteiger partial charge in [0.05, 0.1) is 22.5 Å². The van der Waals surface area contributed by atoms with Crippen molar-refractivity contribution in [1.29, 1.82) is 0 Å². The number of nitrogens with one attached hydrogen (secondary N) is 1. The number of hydrogen-bond donors (Lipinski definition) is 1. The molecule has 0 saturated carbocycles. The van der Waals surface area contributed by atoms with Crippen molar-refractivity contribution < 1.29 is 18.0 Å². The fourth-order valence-electron chi connectivity index (χ4n) is 4.30. The Labute approximate surface area is 203 Å². The Morgan fingerprint density at radius 3 is 2.33 bits per heavy atom. The van der Waals surface area contributed by atoms with Crippen LogP contribution in [0, 0.1) is 0 Å². The van der Waals surface area contributed by atoms with Crippen LogP contribution in [0.2, 0.25) is 0 Å². The summed E-state index contributed by atoms with van der Waals surface area (Å²) in [6.45, 7) is 1.88. The van der Waals surface area contributed by atoms with Crippen molar-refractivity contribution in [3.8, 4) is 5.69 Å². The zero-order valence-electron chi connectivity index (χ0n) is 19.4. The van der Waals surface area contributed by atoms with Gasteiger partial charge in [-0.25, -0.2) is 0 Å². The number of benzene rings is 3. The van der Waals surface area contributed by atoms with Gasteiger partial charge in [-0.1, -0.05) is 30.3 Å². The second kappa shape index (κ2) is 8.67. The molecular formula is C27H21F3N4O2. The molecule has 2 heterocycles. The highest BCUT2D eigenvalue weighted by Gasteiger charge is 2.30. The summed E-state index contributed by atoms with van der Waals surface area (Å²) in [5, 5.41) is 8.21. The Kier molecular flexibility index (Phi) is 5.62. The SMILES string of the molecule is C[C@H](NC(=O)c1ccc2c(c1)c1nn(C)cc1c(=O)n2-c1ccc(C(F)(F)F)cc1)c1ccccc1. The molecule has 0 fully saturated rings. The van der Waals surface area contributed by atoms with Crippen LogP contribution in [-0.4, -0.2) is 20.3 Å². The first-order valence-corrected chi connectivity index (χ1v) is 11.2. The smallest absolute Gasteiger partial charge is 0.346 e. The van der Waals surface area contributed by atoms with Crippen LogP contribution in [0.3, 0.4) is 0 Å². The Balaban J connectivity index is 1.63. The van der Waals surface area contributed by atoms with Crippen LogP contribution in [0.25, 0.3) is 27.5 Å². The van der Waals surface area contributed by atoms with Crippen LogP contribution in [-0.2, 0) is 13.2 Å². The molecular weight excluding hydrogens is 469 g/mol. The molecule has 0 spiro atoms. The first-order valence-electron chi connectivity index (χ1n) is 11.2. The third-order valence-electron chi connectivity index (χ3n) is 6.12. The number of carbonyl (C=O) groups is 1. The number of fused-ring (bicyclic) bond motifs is 3. The van der Waals surface area contributed by atoms with Gasteiger partial charge in [0.2, 0.25) is 0 Å². The molecule has 1 N–H and O–H groups in total. The Morgan fingerprint density at radius 1 is 0.972 bits per heavy atom. The molecule has 2 aromatic heterocycles. The molecule has 0 aliphatic heterocycles. The number of rotatable bonds is 4. The molecule has 5 aromatic rings. The standard InChI is InChI=1S/C27H21F3N4O2/c1-16(17-6-4-3-5-7-17)31-25(35)18-8-13-23-21(14-18)24-22(15-33(2)32-24)26(36)34(23)20-11-9-19(10-12-20)27(28,29)30/h3-16H,1-2H3,(H,31,35)/t16-/m0/s1. The molecule has 1 atom stereocenters. The molecule has 3 aromatic carbocycles. The summed E-state index contributed by atoms with van der Waals surface area (Å²) in [6, 6.07) is 18.5. The molecule has 9 heteroatoms. The van der Waals surface area contributed by atoms with Gasteiger partial charge in [0.25, 0.3) is 11.5 Å². The van der Waals surface area contributed by atoms with E-state index in [9.17, 15) is 22.8 Å². The lowest BCUT2D eigenvalue weighted by Gasteiger charge is -2.16. The maximum Gasteiger partial charge on any atom is 0.416 e. The van der Waals surface area contributed by atoms with Crippen molar-refractivity contribution in [3.63, 3.8) is 0 Å². The van der Waals surface area contributed by atoms with Crippen LogP contribution in [0.1, 0.15) is 34.5 Å². The van der Waals surface area contributed by atoms with E-state index in [1.807, 2.05) is 37.3 Å². The minimum atomic E-state index is -4.49. The normalized spacial score (nSPS) is 12.7. The van der Waals surface area contributed by atoms with Crippen LogP contribution < -0.4 is 10.9 Å². The topological polar surface area (TPSA) is 68.9 Å². The summed E-state index contributed by atoms with van der Waals surface area (Å²) in [5.41, 5.74) is 1.21. The highest BCUT2D eigenvalue weighted by atomic mass is 19.4. The number of carbonyl (C=O) groups excluding carboxylic acids is 1. The molecule has 0 unspecified atom stereocenters. The van der Waals surface area contributed by atoms with E-state index in [0.29, 0.717) is 27.4 Å². The number of aromatic nitrogens is 3. The average molecular weight is 490 g/mol. The summed E-state index contributed by atoms with van der Waals surface area (Å²) in [4.78, 5) is 26.4. The Bertz CT molecular complexity index is 1650. The first-order chi connectivity index (χ1) is 17.1. The highest BCUT2D eigenvalue weighted by Crippen LogP contribution is 2.31. The van der Waals surface area contributed by atoms with Gasteiger partial charge < -0.3 is 5.32 Å². The number of hydrogen-bond acceptors (Lipinski definition) is 3. The quantitative estimate of drug-likeness (QED) is 0.368. The van der Waals surface area contributed by atoms with E-state index in [4.69, 9.17) is 0 Å². The molecule has 182 valence electrons. The van der Waals surface area contributed by atoms with Crippen molar-refractivity contribution in [2.24, 2.45) is 7.05 Å². The minimum absolute atomic E-state index is 0.231. The van der Waals surface area contributed by atoms with Crippen LogP contribution >= 0.6 is 0 Å². The second-order valence-electron chi connectivity index (χ2n) is 8.59. The monoisotopic (exact) mass is 490 g/mol. The van der Waals surface area contributed by atoms with Crippen LogP contribution in [0.5, 0.6) is 0 Å². The van der Waals surface area contributed by atoms with E-state index >= 15 is 0 Å². The van der Waals surface area contributed by atoms with Gasteiger partial charge in [-0.15, -0.1) is 0 Å². The lowest BCUT2D eigenvalue weighted by Crippen LogP contribution is -2.26. The van der Waals surface area contributed by atoms with E-state index in [1.54, 1.807) is 31.4 Å². The fourth-order valence-corrected chi connectivity index (χ4v) is 4.30. The minimum Gasteiger partial charge on any atom is -0.346 e. The third-order valence-corrected chi connectivity index (χ3v) is 6.12. The summed E-state index contributed by atoms with van der Waals surface area (Å²) in [7, 11) is 1.67. The van der Waals surface area contributed by atoms with Gasteiger partial charge in [0.1, 0.15) is 5.52 Å². The Morgan fingerprint density at radius 2 is 1.67 bits per heavy atom. The summed E-state index contributed by atoms with van der Waals surface area (Å²) >= 11 is 0. The molecule has 0 aliphatic rings. The van der Waals surface area contributed by atoms with Crippen molar-refractivity contribution >= 4 is 27.7 Å². The number of amides is 1. The largest absolute Gasteiger partial charge is 0.416 e. The maximum atomic E-state index is 13.4. The molecule has 0 saturated heterocycles. The molecule has 0 aliphatic carbocycles. The second-order valence-corrected chi connectivity index (χ2v) is 8.59. The zero-order valence-corrected chi connectivity index (χ0v) is 19.4. The van der Waals surface area contributed by atoms with Crippen molar-refractivity contribution in [2.75, 3.05) is 0 Å². The third kappa shape index (κ3) is 4.13. The van der Waals surface area contributed by atoms with Crippen molar-refractivity contribution in [1.82, 2.24) is 19.7 Å². The number of halogens is 3. The number of nitrogens with zero attached hydrogens (tertiary/aromatic N) is 3. The molecule has 6 nitrogen and oxygen atoms in total. The fraction of sp³-hybridized carbons (Fsp3) is 0.148. The zero-order chi connectivity index (χ0) is 25.6. The average Bonchev–Trinajstić information content (AvgIpc) is 3.26. The first kappa shape index (κ1) is 23.3. The van der Waals surface area contributed by atoms with E-state index < -0.39 is 17.3 Å². The molecule has 5 rings (SSSR count). The molecule has 36 heavy (non-hydrogen) atoms. The molecule has 1 amide bonds. The predicted molar refractivity (Wildman–Crippen MR) is 131 cm³/mol. The van der Waals surface area contributed by atoms with Gasteiger partial charge in [0.15, 0.2) is 0 Å². The van der Waals surface area contributed by atoms with Crippen LogP contribution in [0.15, 0.2) is 83.8 Å². The summed E-state index contributed by atoms with van der Waals surface area (Å²) in [5.74, 6) is -0.301. The Hall–Kier alpha value is -4.40.